The fraction of sp³-hybridized carbons (Fsp3) is 0.478. The minimum Gasteiger partial charge on any atom is -0.480 e. The molecule has 1 fully saturated rings. The molecule has 0 saturated carbocycles. The van der Waals surface area contributed by atoms with Gasteiger partial charge in [-0.2, -0.15) is 0 Å². The number of nitrogens with one attached hydrogen (secondary N) is 2. The molecule has 2 aromatic rings. The Bertz CT molecular complexity index is 1160. The van der Waals surface area contributed by atoms with E-state index in [4.69, 9.17) is 0 Å². The number of hydrogen-bond acceptors (Lipinski definition) is 5. The number of imide groups is 1. The average Bonchev–Trinajstić information content (AvgIpc) is 3.21. The molecule has 2 aliphatic heterocycles. The topological polar surface area (TPSA) is 143 Å². The molecule has 4 unspecified atom stereocenters. The van der Waals surface area contributed by atoms with E-state index in [0.29, 0.717) is 18.7 Å². The minimum atomic E-state index is -1.56. The molecular weight excluding hydrogens is 428 g/mol. The van der Waals surface area contributed by atoms with Crippen molar-refractivity contribution in [1.82, 2.24) is 20.1 Å². The first kappa shape index (κ1) is 22.8. The van der Waals surface area contributed by atoms with E-state index in [-0.39, 0.29) is 0 Å². The van der Waals surface area contributed by atoms with Crippen LogP contribution in [0.25, 0.3) is 10.9 Å². The number of rotatable bonds is 6. The summed E-state index contributed by atoms with van der Waals surface area (Å²) in [6, 6.07) is 4.29. The fourth-order valence-electron chi connectivity index (χ4n) is 5.01. The highest BCUT2D eigenvalue weighted by atomic mass is 16.4. The van der Waals surface area contributed by atoms with Crippen LogP contribution in [0, 0.1) is 5.92 Å². The Labute approximate surface area is 190 Å². The van der Waals surface area contributed by atoms with Crippen molar-refractivity contribution in [3.63, 3.8) is 0 Å². The third-order valence-electron chi connectivity index (χ3n) is 6.72. The Morgan fingerprint density at radius 3 is 2.45 bits per heavy atom. The van der Waals surface area contributed by atoms with E-state index in [1.807, 2.05) is 24.3 Å². The molecule has 4 rings (SSSR count). The molecular formula is C23H28N4O6. The SMILES string of the molecule is CC(C)C(C(=O)NC(C(=O)O)C(C)O)N1C(=O)N2CCc3c([nH]c4ccccc34)C2(C)C1=O. The third-order valence-corrected chi connectivity index (χ3v) is 6.72. The fourth-order valence-corrected chi connectivity index (χ4v) is 5.01. The largest absolute Gasteiger partial charge is 0.480 e. The van der Waals surface area contributed by atoms with Gasteiger partial charge in [-0.25, -0.2) is 14.5 Å². The smallest absolute Gasteiger partial charge is 0.328 e. The number of aliphatic hydroxyl groups is 1. The second-order valence-electron chi connectivity index (χ2n) is 9.21. The van der Waals surface area contributed by atoms with Gasteiger partial charge in [-0.15, -0.1) is 0 Å². The second kappa shape index (κ2) is 7.87. The Kier molecular flexibility index (Phi) is 5.44. The molecule has 4 N–H and O–H groups in total. The van der Waals surface area contributed by atoms with Crippen LogP contribution < -0.4 is 5.32 Å². The lowest BCUT2D eigenvalue weighted by Gasteiger charge is -2.36. The Morgan fingerprint density at radius 2 is 1.85 bits per heavy atom. The number of hydrogen-bond donors (Lipinski definition) is 4. The zero-order chi connectivity index (χ0) is 24.2. The lowest BCUT2D eigenvalue weighted by molar-refractivity contribution is -0.147. The van der Waals surface area contributed by atoms with Gasteiger partial charge in [0.1, 0.15) is 6.04 Å². The molecule has 0 bridgehead atoms. The summed E-state index contributed by atoms with van der Waals surface area (Å²) < 4.78 is 0. The Hall–Kier alpha value is -3.40. The monoisotopic (exact) mass is 456 g/mol. The molecule has 176 valence electrons. The van der Waals surface area contributed by atoms with Crippen LogP contribution in [0.4, 0.5) is 4.79 Å². The van der Waals surface area contributed by atoms with Gasteiger partial charge in [0.05, 0.1) is 11.8 Å². The van der Waals surface area contributed by atoms with E-state index < -0.39 is 53.5 Å². The zero-order valence-corrected chi connectivity index (χ0v) is 19.0. The number of aromatic nitrogens is 1. The van der Waals surface area contributed by atoms with Crippen LogP contribution in [0.15, 0.2) is 24.3 Å². The lowest BCUT2D eigenvalue weighted by atomic mass is 9.86. The maximum Gasteiger partial charge on any atom is 0.328 e. The first-order chi connectivity index (χ1) is 15.5. The van der Waals surface area contributed by atoms with Gasteiger partial charge in [0.2, 0.25) is 5.91 Å². The molecule has 2 aliphatic rings. The summed E-state index contributed by atoms with van der Waals surface area (Å²) in [5.74, 6) is -3.25. The highest BCUT2D eigenvalue weighted by Crippen LogP contribution is 2.45. The van der Waals surface area contributed by atoms with Gasteiger partial charge < -0.3 is 25.4 Å². The second-order valence-corrected chi connectivity index (χ2v) is 9.21. The standard InChI is InChI=1S/C23H28N4O6/c1-11(2)17(19(29)25-16(12(3)28)20(30)31)27-21(32)23(4)18-14(9-10-26(23)22(27)33)13-7-5-6-8-15(13)24-18/h5-8,11-12,16-17,24,28H,9-10H2,1-4H3,(H,25,29)(H,30,31). The molecule has 0 aliphatic carbocycles. The van der Waals surface area contributed by atoms with Crippen molar-refractivity contribution in [3.05, 3.63) is 35.5 Å². The van der Waals surface area contributed by atoms with E-state index in [2.05, 4.69) is 10.3 Å². The number of aliphatic carboxylic acids is 1. The van der Waals surface area contributed by atoms with Crippen LogP contribution in [-0.4, -0.2) is 73.5 Å². The number of carbonyl (C=O) groups is 4. The van der Waals surface area contributed by atoms with Crippen LogP contribution >= 0.6 is 0 Å². The van der Waals surface area contributed by atoms with E-state index >= 15 is 0 Å². The predicted molar refractivity (Wildman–Crippen MR) is 118 cm³/mol. The number of nitrogens with zero attached hydrogens (tertiary/aromatic N) is 2. The van der Waals surface area contributed by atoms with E-state index in [1.54, 1.807) is 20.8 Å². The summed E-state index contributed by atoms with van der Waals surface area (Å²) in [5, 5.41) is 22.4. The van der Waals surface area contributed by atoms with Gasteiger partial charge in [-0.3, -0.25) is 9.59 Å². The molecule has 3 heterocycles. The molecule has 0 radical (unpaired) electrons. The van der Waals surface area contributed by atoms with Crippen molar-refractivity contribution < 1.29 is 29.4 Å². The number of aliphatic hydroxyl groups excluding tert-OH is 1. The van der Waals surface area contributed by atoms with Crippen LogP contribution in [0.2, 0.25) is 0 Å². The van der Waals surface area contributed by atoms with Crippen LogP contribution in [0.5, 0.6) is 0 Å². The number of carboxylic acid groups (broad SMARTS) is 1. The maximum absolute atomic E-state index is 13.8. The van der Waals surface area contributed by atoms with Gasteiger partial charge >= 0.3 is 12.0 Å². The highest BCUT2D eigenvalue weighted by molar-refractivity contribution is 6.11. The predicted octanol–water partition coefficient (Wildman–Crippen LogP) is 1.18. The van der Waals surface area contributed by atoms with Gasteiger partial charge in [-0.05, 0) is 37.8 Å². The average molecular weight is 456 g/mol. The van der Waals surface area contributed by atoms with E-state index in [9.17, 15) is 29.4 Å². The number of carboxylic acids is 1. The van der Waals surface area contributed by atoms with Crippen LogP contribution in [0.1, 0.15) is 39.0 Å². The first-order valence-electron chi connectivity index (χ1n) is 11.0. The number of carbonyl (C=O) groups excluding carboxylic acids is 3. The van der Waals surface area contributed by atoms with Crippen molar-refractivity contribution >= 4 is 34.7 Å². The molecule has 1 aromatic carbocycles. The van der Waals surface area contributed by atoms with Crippen molar-refractivity contribution in [3.8, 4) is 0 Å². The lowest BCUT2D eigenvalue weighted by Crippen LogP contribution is -2.58. The molecule has 4 atom stereocenters. The first-order valence-corrected chi connectivity index (χ1v) is 11.0. The molecule has 1 saturated heterocycles. The molecule has 33 heavy (non-hydrogen) atoms. The number of aromatic amines is 1. The maximum atomic E-state index is 13.8. The molecule has 10 heteroatoms. The molecule has 4 amide bonds. The number of para-hydroxylation sites is 1. The summed E-state index contributed by atoms with van der Waals surface area (Å²) in [7, 11) is 0. The minimum absolute atomic E-state index is 0.310. The van der Waals surface area contributed by atoms with Crippen LogP contribution in [0.3, 0.4) is 0 Å². The molecule has 0 spiro atoms. The number of fused-ring (bicyclic) bond motifs is 5. The summed E-state index contributed by atoms with van der Waals surface area (Å²) in [4.78, 5) is 57.6. The van der Waals surface area contributed by atoms with Gasteiger partial charge in [0, 0.05) is 17.4 Å². The summed E-state index contributed by atoms with van der Waals surface area (Å²) in [5.41, 5.74) is 1.15. The summed E-state index contributed by atoms with van der Waals surface area (Å²) in [6.07, 6.45) is -0.800. The Morgan fingerprint density at radius 1 is 1.18 bits per heavy atom. The number of benzene rings is 1. The van der Waals surface area contributed by atoms with Crippen molar-refractivity contribution in [2.45, 2.75) is 57.8 Å². The van der Waals surface area contributed by atoms with Gasteiger partial charge in [-0.1, -0.05) is 32.0 Å². The van der Waals surface area contributed by atoms with Gasteiger partial charge in [0.25, 0.3) is 5.91 Å². The van der Waals surface area contributed by atoms with E-state index in [1.165, 1.54) is 11.8 Å². The van der Waals surface area contributed by atoms with Crippen molar-refractivity contribution in [2.24, 2.45) is 5.92 Å². The third kappa shape index (κ3) is 3.28. The summed E-state index contributed by atoms with van der Waals surface area (Å²) in [6.45, 7) is 6.58. The quantitative estimate of drug-likeness (QED) is 0.481. The molecule has 10 nitrogen and oxygen atoms in total. The van der Waals surface area contributed by atoms with Crippen molar-refractivity contribution in [2.75, 3.05) is 6.54 Å². The zero-order valence-electron chi connectivity index (χ0n) is 19.0. The van der Waals surface area contributed by atoms with Gasteiger partial charge in [0.15, 0.2) is 11.6 Å². The summed E-state index contributed by atoms with van der Waals surface area (Å²) >= 11 is 0. The number of amides is 4. The highest BCUT2D eigenvalue weighted by Gasteiger charge is 2.61. The molecule has 1 aromatic heterocycles. The van der Waals surface area contributed by atoms with Crippen LogP contribution in [-0.2, 0) is 26.3 Å². The number of H-pyrrole nitrogens is 1. The normalized spacial score (nSPS) is 22.8. The number of urea groups is 1. The van der Waals surface area contributed by atoms with Crippen molar-refractivity contribution in [1.29, 1.82) is 0 Å². The van der Waals surface area contributed by atoms with E-state index in [0.717, 1.165) is 21.4 Å². The Balaban J connectivity index is 1.74.